The Morgan fingerprint density at radius 3 is 2.64 bits per heavy atom. The first-order valence-corrected chi connectivity index (χ1v) is 7.51. The van der Waals surface area contributed by atoms with Crippen LogP contribution in [0.2, 0.25) is 5.02 Å². The largest absolute Gasteiger partial charge is 0.496 e. The summed E-state index contributed by atoms with van der Waals surface area (Å²) in [5, 5.41) is 0.216. The van der Waals surface area contributed by atoms with Gasteiger partial charge in [0.05, 0.1) is 22.7 Å². The molecule has 0 unspecified atom stereocenters. The van der Waals surface area contributed by atoms with Crippen LogP contribution in [-0.4, -0.2) is 25.5 Å². The van der Waals surface area contributed by atoms with Gasteiger partial charge in [-0.3, -0.25) is 4.79 Å². The van der Waals surface area contributed by atoms with E-state index in [1.54, 1.807) is 6.07 Å². The van der Waals surface area contributed by atoms with E-state index >= 15 is 0 Å². The molecule has 0 aliphatic rings. The molecule has 1 heterocycles. The molecule has 0 fully saturated rings. The quantitative estimate of drug-likeness (QED) is 0.513. The molecule has 0 atom stereocenters. The van der Waals surface area contributed by atoms with Crippen molar-refractivity contribution >= 4 is 40.4 Å². The van der Waals surface area contributed by atoms with Crippen molar-refractivity contribution < 1.29 is 19.1 Å². The molecule has 2 N–H and O–H groups in total. The van der Waals surface area contributed by atoms with E-state index in [2.05, 4.69) is 0 Å². The number of methoxy groups -OCH3 is 1. The van der Waals surface area contributed by atoms with Crippen molar-refractivity contribution in [2.45, 2.75) is 6.92 Å². The molecule has 0 radical (unpaired) electrons. The second-order valence-electron chi connectivity index (χ2n) is 4.48. The summed E-state index contributed by atoms with van der Waals surface area (Å²) in [4.78, 5) is 25.6. The van der Waals surface area contributed by atoms with Gasteiger partial charge in [0.2, 0.25) is 5.78 Å². The number of esters is 1. The van der Waals surface area contributed by atoms with E-state index < -0.39 is 5.97 Å². The summed E-state index contributed by atoms with van der Waals surface area (Å²) in [6.07, 6.45) is 0. The fourth-order valence-corrected chi connectivity index (χ4v) is 2.72. The Kier molecular flexibility index (Phi) is 5.05. The third-order valence-corrected chi connectivity index (χ3v) is 4.26. The Morgan fingerprint density at radius 2 is 2.05 bits per heavy atom. The smallest absolute Gasteiger partial charge is 0.342 e. The Bertz CT molecular complexity index is 726. The molecule has 0 amide bonds. The summed E-state index contributed by atoms with van der Waals surface area (Å²) in [5.41, 5.74) is 6.06. The molecule has 0 spiro atoms. The van der Waals surface area contributed by atoms with Gasteiger partial charge in [0.15, 0.2) is 6.61 Å². The number of rotatable bonds is 5. The first-order valence-electron chi connectivity index (χ1n) is 6.32. The number of hydrogen-bond acceptors (Lipinski definition) is 6. The molecule has 2 rings (SSSR count). The zero-order valence-electron chi connectivity index (χ0n) is 12.0. The normalized spacial score (nSPS) is 10.3. The number of aryl methyl sites for hydroxylation is 1. The number of ketones is 1. The molecular formula is C15H14ClNO4S. The molecular weight excluding hydrogens is 326 g/mol. The second kappa shape index (κ2) is 6.81. The third kappa shape index (κ3) is 3.58. The topological polar surface area (TPSA) is 78.6 Å². The highest BCUT2D eigenvalue weighted by Gasteiger charge is 2.18. The average molecular weight is 340 g/mol. The number of anilines is 1. The molecule has 2 aromatic rings. The lowest BCUT2D eigenvalue weighted by atomic mass is 10.2. The molecule has 1 aromatic carbocycles. The number of carbonyl (C=O) groups is 2. The van der Waals surface area contributed by atoms with Gasteiger partial charge >= 0.3 is 5.97 Å². The lowest BCUT2D eigenvalue weighted by molar-refractivity contribution is 0.0472. The number of ether oxygens (including phenoxy) is 2. The highest BCUT2D eigenvalue weighted by Crippen LogP contribution is 2.29. The molecule has 0 saturated carbocycles. The monoisotopic (exact) mass is 339 g/mol. The van der Waals surface area contributed by atoms with Gasteiger partial charge in [0.1, 0.15) is 11.3 Å². The lowest BCUT2D eigenvalue weighted by Gasteiger charge is -2.10. The fraction of sp³-hybridized carbons (Fsp3) is 0.200. The lowest BCUT2D eigenvalue weighted by Crippen LogP contribution is -2.14. The summed E-state index contributed by atoms with van der Waals surface area (Å²) in [6, 6.07) is 6.33. The number of benzene rings is 1. The molecule has 0 aliphatic heterocycles. The summed E-state index contributed by atoms with van der Waals surface area (Å²) in [5.74, 6) is -0.710. The second-order valence-corrected chi connectivity index (χ2v) is 6.18. The van der Waals surface area contributed by atoms with E-state index in [0.29, 0.717) is 10.6 Å². The van der Waals surface area contributed by atoms with Crippen molar-refractivity contribution in [2.75, 3.05) is 19.5 Å². The van der Waals surface area contributed by atoms with E-state index in [9.17, 15) is 9.59 Å². The average Bonchev–Trinajstić information content (AvgIpc) is 2.93. The van der Waals surface area contributed by atoms with Crippen LogP contribution in [0.25, 0.3) is 0 Å². The minimum Gasteiger partial charge on any atom is -0.496 e. The number of Topliss-reactive ketones (excluding diaryl/α,β-unsaturated/α-hetero) is 1. The first kappa shape index (κ1) is 16.3. The van der Waals surface area contributed by atoms with Crippen LogP contribution in [0, 0.1) is 6.92 Å². The summed E-state index contributed by atoms with van der Waals surface area (Å²) < 4.78 is 10.1. The first-order chi connectivity index (χ1) is 10.4. The highest BCUT2D eigenvalue weighted by molar-refractivity contribution is 7.14. The van der Waals surface area contributed by atoms with Gasteiger partial charge in [0, 0.05) is 10.9 Å². The summed E-state index contributed by atoms with van der Waals surface area (Å²) in [6.45, 7) is 1.55. The van der Waals surface area contributed by atoms with Gasteiger partial charge in [-0.05, 0) is 25.1 Å². The van der Waals surface area contributed by atoms with Gasteiger partial charge in [-0.25, -0.2) is 4.79 Å². The Morgan fingerprint density at radius 1 is 1.32 bits per heavy atom. The fourth-order valence-electron chi connectivity index (χ4n) is 1.76. The van der Waals surface area contributed by atoms with Crippen molar-refractivity contribution in [1.82, 2.24) is 0 Å². The number of hydrogen-bond donors (Lipinski definition) is 1. The van der Waals surface area contributed by atoms with Crippen LogP contribution < -0.4 is 10.5 Å². The van der Waals surface area contributed by atoms with Crippen molar-refractivity contribution in [1.29, 1.82) is 0 Å². The van der Waals surface area contributed by atoms with Crippen LogP contribution in [0.3, 0.4) is 0 Å². The molecule has 116 valence electrons. The molecule has 1 aromatic heterocycles. The van der Waals surface area contributed by atoms with Crippen LogP contribution >= 0.6 is 22.9 Å². The third-order valence-electron chi connectivity index (χ3n) is 2.89. The maximum absolute atomic E-state index is 12.1. The van der Waals surface area contributed by atoms with Crippen LogP contribution in [0.5, 0.6) is 5.75 Å². The minimum absolute atomic E-state index is 0.122. The van der Waals surface area contributed by atoms with Crippen molar-refractivity contribution in [3.8, 4) is 5.75 Å². The van der Waals surface area contributed by atoms with Gasteiger partial charge in [-0.15, -0.1) is 11.3 Å². The standard InChI is InChI=1S/C15H14ClNO4S/c1-8-3-4-14(22-8)12(18)7-21-15(19)9-5-10(16)11(17)6-13(9)20-2/h3-6H,7,17H2,1-2H3. The van der Waals surface area contributed by atoms with Crippen molar-refractivity contribution in [2.24, 2.45) is 0 Å². The Labute approximate surface area is 136 Å². The van der Waals surface area contributed by atoms with E-state index in [4.69, 9.17) is 26.8 Å². The molecule has 7 heteroatoms. The minimum atomic E-state index is -0.694. The van der Waals surface area contributed by atoms with E-state index in [0.717, 1.165) is 4.88 Å². The zero-order chi connectivity index (χ0) is 16.3. The SMILES string of the molecule is COc1cc(N)c(Cl)cc1C(=O)OCC(=O)c1ccc(C)s1. The van der Waals surface area contributed by atoms with Crippen LogP contribution in [0.1, 0.15) is 24.9 Å². The maximum atomic E-state index is 12.1. The number of nitrogens with two attached hydrogens (primary N) is 1. The molecule has 22 heavy (non-hydrogen) atoms. The van der Waals surface area contributed by atoms with Crippen molar-refractivity contribution in [3.05, 3.63) is 44.6 Å². The molecule has 0 bridgehead atoms. The summed E-state index contributed by atoms with van der Waals surface area (Å²) in [7, 11) is 1.40. The molecule has 0 aliphatic carbocycles. The molecule has 0 saturated heterocycles. The number of carbonyl (C=O) groups excluding carboxylic acids is 2. The van der Waals surface area contributed by atoms with E-state index in [-0.39, 0.29) is 28.7 Å². The van der Waals surface area contributed by atoms with Gasteiger partial charge in [-0.2, -0.15) is 0 Å². The number of halogens is 1. The van der Waals surface area contributed by atoms with Gasteiger partial charge < -0.3 is 15.2 Å². The van der Waals surface area contributed by atoms with Gasteiger partial charge in [0.25, 0.3) is 0 Å². The van der Waals surface area contributed by atoms with Gasteiger partial charge in [-0.1, -0.05) is 11.6 Å². The van der Waals surface area contributed by atoms with Crippen LogP contribution in [-0.2, 0) is 4.74 Å². The number of thiophene rings is 1. The Balaban J connectivity index is 2.09. The zero-order valence-corrected chi connectivity index (χ0v) is 13.6. The predicted octanol–water partition coefficient (Wildman–Crippen LogP) is 3.34. The van der Waals surface area contributed by atoms with Crippen molar-refractivity contribution in [3.63, 3.8) is 0 Å². The number of nitrogen functional groups attached to an aromatic ring is 1. The van der Waals surface area contributed by atoms with E-state index in [1.165, 1.54) is 30.6 Å². The van der Waals surface area contributed by atoms with E-state index in [1.807, 2.05) is 13.0 Å². The predicted molar refractivity (Wildman–Crippen MR) is 86.1 cm³/mol. The summed E-state index contributed by atoms with van der Waals surface area (Å²) >= 11 is 7.25. The molecule has 5 nitrogen and oxygen atoms in total. The maximum Gasteiger partial charge on any atom is 0.342 e. The Hall–Kier alpha value is -2.05. The van der Waals surface area contributed by atoms with Crippen LogP contribution in [0.15, 0.2) is 24.3 Å². The highest BCUT2D eigenvalue weighted by atomic mass is 35.5. The van der Waals surface area contributed by atoms with Crippen LogP contribution in [0.4, 0.5) is 5.69 Å².